The molecule has 1 atom stereocenters. The summed E-state index contributed by atoms with van der Waals surface area (Å²) < 4.78 is 8.59. The van der Waals surface area contributed by atoms with E-state index in [1.165, 1.54) is 0 Å². The fourth-order valence-electron chi connectivity index (χ4n) is 0.176. The van der Waals surface area contributed by atoms with Crippen molar-refractivity contribution < 1.29 is 49.4 Å². The Balaban J connectivity index is -0.000000101. The van der Waals surface area contributed by atoms with Gasteiger partial charge in [0.2, 0.25) is 0 Å². The Morgan fingerprint density at radius 2 is 2.09 bits per heavy atom. The Kier molecular flexibility index (Phi) is 21.2. The third-order valence-electron chi connectivity index (χ3n) is 0.347. The minimum absolute atomic E-state index is 0. The minimum atomic E-state index is -3.12. The molecule has 0 spiro atoms. The maximum atomic E-state index is 8.59. The van der Waals surface area contributed by atoms with E-state index in [0.717, 1.165) is 0 Å². The van der Waals surface area contributed by atoms with Crippen LogP contribution in [0.4, 0.5) is 0 Å². The molecule has 0 amide bonds. The summed E-state index contributed by atoms with van der Waals surface area (Å²) in [5, 5.41) is 1.93. The molecule has 0 radical (unpaired) electrons. The van der Waals surface area contributed by atoms with Gasteiger partial charge in [-0.1, -0.05) is 0 Å². The molecule has 0 saturated heterocycles. The fourth-order valence-corrected chi connectivity index (χ4v) is 0.527. The molecule has 0 aromatic carbocycles. The van der Waals surface area contributed by atoms with Crippen molar-refractivity contribution in [1.29, 1.82) is 0 Å². The zero-order valence-corrected chi connectivity index (χ0v) is 9.51. The van der Waals surface area contributed by atoms with E-state index in [9.17, 15) is 0 Å². The van der Waals surface area contributed by atoms with Gasteiger partial charge in [0.25, 0.3) is 0 Å². The molecule has 1 aromatic rings. The molecule has 1 unspecified atom stereocenters. The third kappa shape index (κ3) is 25.0. The molecule has 1 heterocycles. The van der Waals surface area contributed by atoms with Gasteiger partial charge in [-0.3, -0.25) is 4.98 Å². The van der Waals surface area contributed by atoms with Gasteiger partial charge in [-0.05, 0) is 4.57 Å². The monoisotopic (exact) mass is 206 g/mol. The van der Waals surface area contributed by atoms with E-state index in [2.05, 4.69) is 4.98 Å². The molecule has 5 nitrogen and oxygen atoms in total. The summed E-state index contributed by atoms with van der Waals surface area (Å²) in [7, 11) is -3.12. The van der Waals surface area contributed by atoms with Gasteiger partial charge in [0.05, 0.1) is 5.51 Å². The van der Waals surface area contributed by atoms with Crippen LogP contribution in [0.3, 0.4) is 0 Å². The summed E-state index contributed by atoms with van der Waals surface area (Å²) in [6.07, 6.45) is 1.77. The van der Waals surface area contributed by atoms with E-state index >= 15 is 0 Å². The van der Waals surface area contributed by atoms with Gasteiger partial charge in [-0.15, -0.1) is 11.3 Å². The van der Waals surface area contributed by atoms with Gasteiger partial charge in [-0.2, -0.15) is 4.89 Å². The fraction of sp³-hybridized carbons (Fsp3) is 0. The Hall–Kier alpha value is 0.610. The molecule has 1 aromatic heterocycles. The van der Waals surface area contributed by atoms with Crippen LogP contribution in [0.5, 0.6) is 0 Å². The molecular weight excluding hydrogens is 200 g/mol. The van der Waals surface area contributed by atoms with Gasteiger partial charge in [-0.25, -0.2) is 0 Å². The molecule has 11 heavy (non-hydrogen) atoms. The maximum Gasteiger partial charge on any atom is 1.00 e. The molecule has 0 aliphatic rings. The molecule has 8 heteroatoms. The van der Waals surface area contributed by atoms with Gasteiger partial charge in [0.15, 0.2) is 0 Å². The van der Waals surface area contributed by atoms with Crippen LogP contribution in [0.1, 0.15) is 0 Å². The number of rotatable bonds is 0. The predicted octanol–water partition coefficient (Wildman–Crippen LogP) is -3.68. The van der Waals surface area contributed by atoms with Gasteiger partial charge in [0, 0.05) is 11.6 Å². The van der Waals surface area contributed by atoms with Crippen molar-refractivity contribution in [3.05, 3.63) is 17.1 Å². The van der Waals surface area contributed by atoms with Crippen LogP contribution in [-0.4, -0.2) is 15.4 Å². The van der Waals surface area contributed by atoms with Crippen molar-refractivity contribution in [3.63, 3.8) is 0 Å². The van der Waals surface area contributed by atoms with Gasteiger partial charge >= 0.3 is 37.8 Å². The summed E-state index contributed by atoms with van der Waals surface area (Å²) in [5.74, 6) is 0. The third-order valence-corrected chi connectivity index (χ3v) is 0.869. The van der Waals surface area contributed by atoms with Crippen LogP contribution < -0.4 is 34.5 Å². The second kappa shape index (κ2) is 13.2. The first-order chi connectivity index (χ1) is 4.23. The van der Waals surface area contributed by atoms with Crippen LogP contribution in [-0.2, 0) is 4.57 Å². The first-order valence-corrected chi connectivity index (χ1v) is 3.96. The smallest absolute Gasteiger partial charge is 0.567 e. The summed E-state index contributed by atoms with van der Waals surface area (Å²) in [5.41, 5.74) is 1.79. The topological polar surface area (TPSA) is 105 Å². The zero-order chi connectivity index (χ0) is 7.11. The second-order valence-corrected chi connectivity index (χ2v) is 2.14. The molecule has 3 N–H and O–H groups in total. The molecule has 58 valence electrons. The van der Waals surface area contributed by atoms with Crippen molar-refractivity contribution in [2.45, 2.75) is 0 Å². The summed E-state index contributed by atoms with van der Waals surface area (Å²) in [6.45, 7) is 0. The summed E-state index contributed by atoms with van der Waals surface area (Å²) in [4.78, 5) is 19.3. The first kappa shape index (κ1) is 17.6. The van der Waals surface area contributed by atoms with Crippen LogP contribution in [0.25, 0.3) is 0 Å². The Bertz CT molecular complexity index is 139. The van der Waals surface area contributed by atoms with Crippen LogP contribution >= 0.6 is 19.6 Å². The Morgan fingerprint density at radius 1 is 1.64 bits per heavy atom. The molecule has 0 saturated carbocycles. The van der Waals surface area contributed by atoms with Crippen LogP contribution in [0, 0.1) is 0 Å². The average molecular weight is 206 g/mol. The van der Waals surface area contributed by atoms with Gasteiger partial charge in [0.1, 0.15) is 0 Å². The Morgan fingerprint density at radius 3 is 2.18 bits per heavy atom. The zero-order valence-electron chi connectivity index (χ0n) is 5.80. The normalized spacial score (nSPS) is 7.64. The standard InChI is InChI=1S/C3H3NS.Na.HO3P.H2O/c1-2-5-3-4-1;;1-4(2)3;/h1-3H;;(H,1,2,3);1H2/q;+1;;. The molecule has 0 aliphatic heterocycles. The van der Waals surface area contributed by atoms with Crippen LogP contribution in [0.2, 0.25) is 0 Å². The summed E-state index contributed by atoms with van der Waals surface area (Å²) >= 11 is 1.60. The SMILES string of the molecule is O.O=[P+]([O-])O.[Na+].c1cscn1. The van der Waals surface area contributed by atoms with E-state index in [4.69, 9.17) is 14.4 Å². The van der Waals surface area contributed by atoms with E-state index in [0.29, 0.717) is 0 Å². The quantitative estimate of drug-likeness (QED) is 0.348. The van der Waals surface area contributed by atoms with E-state index in [1.807, 2.05) is 5.38 Å². The van der Waals surface area contributed by atoms with Crippen molar-refractivity contribution in [3.8, 4) is 0 Å². The number of thiazole rings is 1. The Labute approximate surface area is 90.7 Å². The van der Waals surface area contributed by atoms with E-state index < -0.39 is 8.25 Å². The molecule has 1 rings (SSSR count). The van der Waals surface area contributed by atoms with Crippen molar-refractivity contribution >= 4 is 19.6 Å². The molecule has 0 fully saturated rings. The minimum Gasteiger partial charge on any atom is -0.567 e. The van der Waals surface area contributed by atoms with E-state index in [1.54, 1.807) is 23.0 Å². The number of nitrogens with zero attached hydrogens (tertiary/aromatic N) is 1. The predicted molar refractivity (Wildman–Crippen MR) is 35.6 cm³/mol. The number of aromatic nitrogens is 1. The summed E-state index contributed by atoms with van der Waals surface area (Å²) in [6, 6.07) is 0. The van der Waals surface area contributed by atoms with Crippen molar-refractivity contribution in [2.75, 3.05) is 0 Å². The van der Waals surface area contributed by atoms with Gasteiger partial charge < -0.3 is 10.4 Å². The van der Waals surface area contributed by atoms with Crippen molar-refractivity contribution in [1.82, 2.24) is 4.98 Å². The number of hydrogen-bond acceptors (Lipinski definition) is 4. The molecular formula is C3H6NNaO4PS+. The maximum absolute atomic E-state index is 8.59. The van der Waals surface area contributed by atoms with Crippen LogP contribution in [0.15, 0.2) is 17.1 Å². The first-order valence-electron chi connectivity index (χ1n) is 1.89. The second-order valence-electron chi connectivity index (χ2n) is 0.914. The van der Waals surface area contributed by atoms with E-state index in [-0.39, 0.29) is 35.0 Å². The largest absolute Gasteiger partial charge is 1.00 e. The average Bonchev–Trinajstić information content (AvgIpc) is 2.11. The number of hydrogen-bond donors (Lipinski definition) is 1. The molecule has 0 aliphatic carbocycles. The van der Waals surface area contributed by atoms with Crippen molar-refractivity contribution in [2.24, 2.45) is 0 Å². The molecule has 0 bridgehead atoms.